The standard InChI is InChI=1S/C4H6N2O3/c1-3-2-4(5-9-3)6(7)8/h3H,2H2,1H3. The molecule has 1 heterocycles. The predicted octanol–water partition coefficient (Wildman–Crippen LogP) is 0.385. The molecule has 0 aliphatic carbocycles. The molecule has 50 valence electrons. The van der Waals surface area contributed by atoms with E-state index in [0.29, 0.717) is 6.42 Å². The summed E-state index contributed by atoms with van der Waals surface area (Å²) in [4.78, 5) is 14.0. The van der Waals surface area contributed by atoms with Crippen molar-refractivity contribution >= 4 is 5.84 Å². The van der Waals surface area contributed by atoms with Crippen molar-refractivity contribution in [2.45, 2.75) is 19.4 Å². The molecule has 0 saturated heterocycles. The van der Waals surface area contributed by atoms with Gasteiger partial charge in [-0.3, -0.25) is 4.84 Å². The zero-order valence-electron chi connectivity index (χ0n) is 4.90. The summed E-state index contributed by atoms with van der Waals surface area (Å²) in [5, 5.41) is 13.2. The summed E-state index contributed by atoms with van der Waals surface area (Å²) in [6.45, 7) is 1.74. The highest BCUT2D eigenvalue weighted by atomic mass is 16.7. The van der Waals surface area contributed by atoms with Crippen LogP contribution >= 0.6 is 0 Å². The number of amidine groups is 1. The van der Waals surface area contributed by atoms with Gasteiger partial charge in [-0.25, -0.2) is 0 Å². The Hall–Kier alpha value is -1.13. The second kappa shape index (κ2) is 2.00. The second-order valence-electron chi connectivity index (χ2n) is 1.88. The fourth-order valence-corrected chi connectivity index (χ4v) is 0.590. The molecule has 1 aliphatic rings. The Labute approximate surface area is 51.4 Å². The van der Waals surface area contributed by atoms with E-state index in [-0.39, 0.29) is 11.9 Å². The molecule has 1 aliphatic heterocycles. The third-order valence-electron chi connectivity index (χ3n) is 1.02. The van der Waals surface area contributed by atoms with Crippen molar-refractivity contribution in [2.75, 3.05) is 0 Å². The SMILES string of the molecule is CC1CC([N+](=O)[O-])=NO1. The third-order valence-corrected chi connectivity index (χ3v) is 1.02. The lowest BCUT2D eigenvalue weighted by molar-refractivity contribution is -0.353. The molecule has 5 nitrogen and oxygen atoms in total. The van der Waals surface area contributed by atoms with Crippen LogP contribution in [0.25, 0.3) is 0 Å². The second-order valence-corrected chi connectivity index (χ2v) is 1.88. The maximum absolute atomic E-state index is 9.94. The first-order chi connectivity index (χ1) is 4.20. The van der Waals surface area contributed by atoms with Crippen molar-refractivity contribution in [2.24, 2.45) is 5.16 Å². The monoisotopic (exact) mass is 130 g/mol. The van der Waals surface area contributed by atoms with Crippen molar-refractivity contribution in [3.63, 3.8) is 0 Å². The van der Waals surface area contributed by atoms with Gasteiger partial charge in [-0.2, -0.15) is 0 Å². The average Bonchev–Trinajstić information content (AvgIpc) is 2.14. The summed E-state index contributed by atoms with van der Waals surface area (Å²) in [7, 11) is 0. The molecule has 9 heavy (non-hydrogen) atoms. The van der Waals surface area contributed by atoms with E-state index in [4.69, 9.17) is 0 Å². The summed E-state index contributed by atoms with van der Waals surface area (Å²) in [5.74, 6) is -0.0810. The van der Waals surface area contributed by atoms with Crippen LogP contribution in [-0.2, 0) is 4.84 Å². The van der Waals surface area contributed by atoms with Crippen LogP contribution < -0.4 is 0 Å². The summed E-state index contributed by atoms with van der Waals surface area (Å²) in [5.41, 5.74) is 0. The van der Waals surface area contributed by atoms with E-state index < -0.39 is 4.92 Å². The summed E-state index contributed by atoms with van der Waals surface area (Å²) < 4.78 is 0. The molecular formula is C4H6N2O3. The van der Waals surface area contributed by atoms with Gasteiger partial charge in [0.25, 0.3) is 0 Å². The zero-order valence-corrected chi connectivity index (χ0v) is 4.90. The smallest absolute Gasteiger partial charge is 0.358 e. The van der Waals surface area contributed by atoms with Crippen LogP contribution in [0.1, 0.15) is 13.3 Å². The summed E-state index contributed by atoms with van der Waals surface area (Å²) in [6.07, 6.45) is 0.179. The molecule has 0 saturated carbocycles. The highest BCUT2D eigenvalue weighted by molar-refractivity contribution is 5.74. The molecule has 1 rings (SSSR count). The maximum Gasteiger partial charge on any atom is 0.389 e. The Morgan fingerprint density at radius 1 is 2.00 bits per heavy atom. The normalized spacial score (nSPS) is 25.0. The minimum absolute atomic E-state index is 0.0810. The fourth-order valence-electron chi connectivity index (χ4n) is 0.590. The van der Waals surface area contributed by atoms with Gasteiger partial charge in [-0.05, 0) is 11.8 Å². The number of hydrogen-bond acceptors (Lipinski definition) is 4. The number of oxime groups is 1. The fraction of sp³-hybridized carbons (Fsp3) is 0.750. The van der Waals surface area contributed by atoms with Crippen LogP contribution in [0, 0.1) is 10.1 Å². The van der Waals surface area contributed by atoms with E-state index in [1.165, 1.54) is 0 Å². The Morgan fingerprint density at radius 2 is 2.67 bits per heavy atom. The van der Waals surface area contributed by atoms with Gasteiger partial charge in [0, 0.05) is 0 Å². The first-order valence-corrected chi connectivity index (χ1v) is 2.57. The Kier molecular flexibility index (Phi) is 1.33. The van der Waals surface area contributed by atoms with E-state index in [1.54, 1.807) is 6.92 Å². The first kappa shape index (κ1) is 6.00. The van der Waals surface area contributed by atoms with Gasteiger partial charge in [0.1, 0.15) is 6.42 Å². The number of nitro groups is 1. The van der Waals surface area contributed by atoms with Crippen LogP contribution in [-0.4, -0.2) is 16.9 Å². The Bertz CT molecular complexity index is 165. The van der Waals surface area contributed by atoms with Crippen LogP contribution in [0.5, 0.6) is 0 Å². The molecule has 0 spiro atoms. The van der Waals surface area contributed by atoms with E-state index in [2.05, 4.69) is 9.99 Å². The Balaban J connectivity index is 2.55. The quantitative estimate of drug-likeness (QED) is 0.352. The van der Waals surface area contributed by atoms with Crippen LogP contribution in [0.3, 0.4) is 0 Å². The van der Waals surface area contributed by atoms with E-state index in [0.717, 1.165) is 0 Å². The van der Waals surface area contributed by atoms with Crippen LogP contribution in [0.4, 0.5) is 0 Å². The molecule has 0 bridgehead atoms. The van der Waals surface area contributed by atoms with Crippen LogP contribution in [0.2, 0.25) is 0 Å². The number of rotatable bonds is 0. The number of hydrogen-bond donors (Lipinski definition) is 0. The molecular weight excluding hydrogens is 124 g/mol. The van der Waals surface area contributed by atoms with Gasteiger partial charge >= 0.3 is 5.84 Å². The maximum atomic E-state index is 9.94. The van der Waals surface area contributed by atoms with Gasteiger partial charge in [-0.1, -0.05) is 0 Å². The first-order valence-electron chi connectivity index (χ1n) is 2.57. The minimum Gasteiger partial charge on any atom is -0.358 e. The molecule has 1 atom stereocenters. The molecule has 5 heteroatoms. The van der Waals surface area contributed by atoms with Crippen molar-refractivity contribution < 1.29 is 9.76 Å². The van der Waals surface area contributed by atoms with Crippen molar-refractivity contribution in [1.29, 1.82) is 0 Å². The van der Waals surface area contributed by atoms with Gasteiger partial charge in [0.15, 0.2) is 11.3 Å². The molecule has 0 amide bonds. The molecule has 0 N–H and O–H groups in total. The largest absolute Gasteiger partial charge is 0.389 e. The lowest BCUT2D eigenvalue weighted by Gasteiger charge is -1.89. The highest BCUT2D eigenvalue weighted by Crippen LogP contribution is 2.08. The zero-order chi connectivity index (χ0) is 6.85. The highest BCUT2D eigenvalue weighted by Gasteiger charge is 2.27. The van der Waals surface area contributed by atoms with Gasteiger partial charge in [0.05, 0.1) is 0 Å². The third kappa shape index (κ3) is 1.16. The van der Waals surface area contributed by atoms with E-state index in [9.17, 15) is 10.1 Å². The summed E-state index contributed by atoms with van der Waals surface area (Å²) >= 11 is 0. The molecule has 0 radical (unpaired) electrons. The molecule has 1 unspecified atom stereocenters. The lowest BCUT2D eigenvalue weighted by atomic mass is 10.3. The van der Waals surface area contributed by atoms with E-state index >= 15 is 0 Å². The summed E-state index contributed by atoms with van der Waals surface area (Å²) in [6, 6.07) is 0. The van der Waals surface area contributed by atoms with Gasteiger partial charge in [-0.15, -0.1) is 0 Å². The number of nitrogens with zero attached hydrogens (tertiary/aromatic N) is 2. The van der Waals surface area contributed by atoms with Crippen molar-refractivity contribution in [3.8, 4) is 0 Å². The molecule has 0 aromatic rings. The molecule has 0 aromatic heterocycles. The molecule has 0 fully saturated rings. The predicted molar refractivity (Wildman–Crippen MR) is 29.6 cm³/mol. The lowest BCUT2D eigenvalue weighted by Crippen LogP contribution is -2.10. The van der Waals surface area contributed by atoms with Gasteiger partial charge in [0.2, 0.25) is 0 Å². The Morgan fingerprint density at radius 3 is 2.89 bits per heavy atom. The minimum atomic E-state index is -0.524. The van der Waals surface area contributed by atoms with E-state index in [1.807, 2.05) is 0 Å². The van der Waals surface area contributed by atoms with Gasteiger partial charge < -0.3 is 10.1 Å². The van der Waals surface area contributed by atoms with Crippen molar-refractivity contribution in [1.82, 2.24) is 0 Å². The molecule has 0 aromatic carbocycles. The van der Waals surface area contributed by atoms with Crippen LogP contribution in [0.15, 0.2) is 5.16 Å². The topological polar surface area (TPSA) is 64.7 Å². The average molecular weight is 130 g/mol. The van der Waals surface area contributed by atoms with Crippen molar-refractivity contribution in [3.05, 3.63) is 10.1 Å².